The molecule has 2 amide bonds. The van der Waals surface area contributed by atoms with Crippen LogP contribution in [0, 0.1) is 11.8 Å². The highest BCUT2D eigenvalue weighted by Crippen LogP contribution is 2.29. The first-order valence-electron chi connectivity index (χ1n) is 7.36. The molecule has 112 valence electrons. The van der Waals surface area contributed by atoms with E-state index in [0.29, 0.717) is 19.3 Å². The Kier molecular flexibility index (Phi) is 4.98. The number of aliphatic carboxylic acids is 1. The van der Waals surface area contributed by atoms with E-state index in [1.54, 1.807) is 4.90 Å². The fraction of sp³-hybridized carbons (Fsp3) is 0.786. The minimum Gasteiger partial charge on any atom is -0.481 e. The monoisotopic (exact) mass is 282 g/mol. The van der Waals surface area contributed by atoms with Gasteiger partial charge in [-0.25, -0.2) is 0 Å². The molecule has 0 aromatic rings. The van der Waals surface area contributed by atoms with Gasteiger partial charge in [0.05, 0.1) is 12.5 Å². The first-order valence-corrected chi connectivity index (χ1v) is 7.36. The first kappa shape index (κ1) is 14.8. The van der Waals surface area contributed by atoms with Crippen molar-refractivity contribution in [1.82, 2.24) is 10.2 Å². The van der Waals surface area contributed by atoms with Gasteiger partial charge in [0, 0.05) is 19.0 Å². The highest BCUT2D eigenvalue weighted by molar-refractivity contribution is 5.86. The minimum atomic E-state index is -0.823. The number of carboxylic acid groups (broad SMARTS) is 1. The molecule has 6 nitrogen and oxygen atoms in total. The number of carboxylic acids is 1. The van der Waals surface area contributed by atoms with Crippen LogP contribution in [0.4, 0.5) is 0 Å². The minimum absolute atomic E-state index is 0.0348. The Morgan fingerprint density at radius 2 is 1.70 bits per heavy atom. The topological polar surface area (TPSA) is 86.7 Å². The zero-order chi connectivity index (χ0) is 14.5. The molecule has 2 unspecified atom stereocenters. The molecule has 1 aliphatic carbocycles. The number of carbonyl (C=O) groups is 3. The van der Waals surface area contributed by atoms with Crippen LogP contribution in [0.3, 0.4) is 0 Å². The molecule has 1 heterocycles. The zero-order valence-electron chi connectivity index (χ0n) is 11.6. The second kappa shape index (κ2) is 6.72. The summed E-state index contributed by atoms with van der Waals surface area (Å²) in [4.78, 5) is 36.6. The van der Waals surface area contributed by atoms with Crippen molar-refractivity contribution in [3.63, 3.8) is 0 Å². The highest BCUT2D eigenvalue weighted by Gasteiger charge is 2.31. The van der Waals surface area contributed by atoms with Crippen molar-refractivity contribution < 1.29 is 19.5 Å². The van der Waals surface area contributed by atoms with Crippen molar-refractivity contribution in [3.05, 3.63) is 0 Å². The SMILES string of the molecule is O=C(O)C1CCCC(C(=O)NCC(=O)N2CCCC2)C1. The van der Waals surface area contributed by atoms with Gasteiger partial charge in [0.25, 0.3) is 0 Å². The Balaban J connectivity index is 1.76. The maximum absolute atomic E-state index is 12.0. The molecule has 2 N–H and O–H groups in total. The highest BCUT2D eigenvalue weighted by atomic mass is 16.4. The molecule has 0 bridgehead atoms. The van der Waals surface area contributed by atoms with Crippen LogP contribution >= 0.6 is 0 Å². The number of hydrogen-bond acceptors (Lipinski definition) is 3. The van der Waals surface area contributed by atoms with Crippen LogP contribution in [0.1, 0.15) is 38.5 Å². The van der Waals surface area contributed by atoms with Gasteiger partial charge in [0.15, 0.2) is 0 Å². The second-order valence-electron chi connectivity index (χ2n) is 5.70. The molecule has 20 heavy (non-hydrogen) atoms. The molecule has 1 aliphatic heterocycles. The van der Waals surface area contributed by atoms with Gasteiger partial charge in [0.1, 0.15) is 0 Å². The van der Waals surface area contributed by atoms with Crippen LogP contribution in [0.5, 0.6) is 0 Å². The molecule has 0 aromatic heterocycles. The summed E-state index contributed by atoms with van der Waals surface area (Å²) >= 11 is 0. The number of nitrogens with zero attached hydrogens (tertiary/aromatic N) is 1. The van der Waals surface area contributed by atoms with Gasteiger partial charge in [-0.2, -0.15) is 0 Å². The Morgan fingerprint density at radius 3 is 2.35 bits per heavy atom. The number of rotatable bonds is 4. The van der Waals surface area contributed by atoms with E-state index >= 15 is 0 Å². The number of amides is 2. The van der Waals surface area contributed by atoms with Gasteiger partial charge in [-0.15, -0.1) is 0 Å². The number of carbonyl (C=O) groups excluding carboxylic acids is 2. The number of likely N-dealkylation sites (tertiary alicyclic amines) is 1. The smallest absolute Gasteiger partial charge is 0.306 e. The van der Waals surface area contributed by atoms with Crippen LogP contribution in [0.25, 0.3) is 0 Å². The third kappa shape index (κ3) is 3.71. The van der Waals surface area contributed by atoms with Crippen LogP contribution in [0.2, 0.25) is 0 Å². The summed E-state index contributed by atoms with van der Waals surface area (Å²) in [7, 11) is 0. The van der Waals surface area contributed by atoms with E-state index in [9.17, 15) is 14.4 Å². The molecule has 6 heteroatoms. The van der Waals surface area contributed by atoms with Gasteiger partial charge >= 0.3 is 5.97 Å². The quantitative estimate of drug-likeness (QED) is 0.791. The lowest BCUT2D eigenvalue weighted by Gasteiger charge is -2.26. The summed E-state index contributed by atoms with van der Waals surface area (Å²) in [6.07, 6.45) is 4.57. The largest absolute Gasteiger partial charge is 0.481 e. The second-order valence-corrected chi connectivity index (χ2v) is 5.70. The molecule has 0 radical (unpaired) electrons. The lowest BCUT2D eigenvalue weighted by molar-refractivity contribution is -0.144. The van der Waals surface area contributed by atoms with E-state index in [1.807, 2.05) is 0 Å². The van der Waals surface area contributed by atoms with Gasteiger partial charge in [-0.05, 0) is 32.1 Å². The Bertz CT molecular complexity index is 391. The van der Waals surface area contributed by atoms with Crippen LogP contribution in [-0.4, -0.2) is 47.4 Å². The Hall–Kier alpha value is -1.59. The van der Waals surface area contributed by atoms with Crippen LogP contribution in [0.15, 0.2) is 0 Å². The lowest BCUT2D eigenvalue weighted by atomic mass is 9.81. The molecule has 2 fully saturated rings. The average Bonchev–Trinajstić information content (AvgIpc) is 2.98. The van der Waals surface area contributed by atoms with Gasteiger partial charge in [0.2, 0.25) is 11.8 Å². The summed E-state index contributed by atoms with van der Waals surface area (Å²) in [5.41, 5.74) is 0. The van der Waals surface area contributed by atoms with Gasteiger partial charge < -0.3 is 15.3 Å². The summed E-state index contributed by atoms with van der Waals surface area (Å²) < 4.78 is 0. The summed E-state index contributed by atoms with van der Waals surface area (Å²) in [6.45, 7) is 1.59. The first-order chi connectivity index (χ1) is 9.58. The Morgan fingerprint density at radius 1 is 1.05 bits per heavy atom. The van der Waals surface area contributed by atoms with E-state index in [-0.39, 0.29) is 24.3 Å². The van der Waals surface area contributed by atoms with Crippen LogP contribution < -0.4 is 5.32 Å². The maximum atomic E-state index is 12.0. The van der Waals surface area contributed by atoms with Crippen molar-refractivity contribution in [1.29, 1.82) is 0 Å². The summed E-state index contributed by atoms with van der Waals surface area (Å²) in [5.74, 6) is -1.73. The van der Waals surface area contributed by atoms with Crippen molar-refractivity contribution >= 4 is 17.8 Å². The molecular formula is C14H22N2O4. The third-order valence-corrected chi connectivity index (χ3v) is 4.27. The molecule has 1 saturated heterocycles. The zero-order valence-corrected chi connectivity index (χ0v) is 11.6. The van der Waals surface area contributed by atoms with Crippen molar-refractivity contribution in [2.24, 2.45) is 11.8 Å². The van der Waals surface area contributed by atoms with E-state index in [4.69, 9.17) is 5.11 Å². The lowest BCUT2D eigenvalue weighted by Crippen LogP contribution is -2.42. The van der Waals surface area contributed by atoms with Gasteiger partial charge in [-0.3, -0.25) is 14.4 Å². The number of hydrogen-bond donors (Lipinski definition) is 2. The molecule has 0 spiro atoms. The third-order valence-electron chi connectivity index (χ3n) is 4.27. The van der Waals surface area contributed by atoms with Crippen molar-refractivity contribution in [2.45, 2.75) is 38.5 Å². The molecule has 2 aliphatic rings. The fourth-order valence-electron chi connectivity index (χ4n) is 3.04. The Labute approximate surface area is 118 Å². The fourth-order valence-corrected chi connectivity index (χ4v) is 3.04. The number of nitrogens with one attached hydrogen (secondary N) is 1. The van der Waals surface area contributed by atoms with E-state index in [2.05, 4.69) is 5.32 Å². The molecule has 0 aromatic carbocycles. The standard InChI is InChI=1S/C14H22N2O4/c17-12(16-6-1-2-7-16)9-15-13(18)10-4-3-5-11(8-10)14(19)20/h10-11H,1-9H2,(H,15,18)(H,19,20). The van der Waals surface area contributed by atoms with E-state index < -0.39 is 11.9 Å². The predicted molar refractivity (Wildman–Crippen MR) is 71.9 cm³/mol. The predicted octanol–water partition coefficient (Wildman–Crippen LogP) is 0.616. The molecule has 2 atom stereocenters. The summed E-state index contributed by atoms with van der Waals surface area (Å²) in [5, 5.41) is 11.7. The molecule has 2 rings (SSSR count). The molecular weight excluding hydrogens is 260 g/mol. The van der Waals surface area contributed by atoms with Gasteiger partial charge in [-0.1, -0.05) is 6.42 Å². The maximum Gasteiger partial charge on any atom is 0.306 e. The van der Waals surface area contributed by atoms with Crippen LogP contribution in [-0.2, 0) is 14.4 Å². The van der Waals surface area contributed by atoms with Crippen molar-refractivity contribution in [3.8, 4) is 0 Å². The average molecular weight is 282 g/mol. The van der Waals surface area contributed by atoms with Crippen molar-refractivity contribution in [2.75, 3.05) is 19.6 Å². The summed E-state index contributed by atoms with van der Waals surface area (Å²) in [6, 6.07) is 0. The molecule has 1 saturated carbocycles. The normalized spacial score (nSPS) is 26.3. The van der Waals surface area contributed by atoms with E-state index in [0.717, 1.165) is 32.4 Å². The van der Waals surface area contributed by atoms with E-state index in [1.165, 1.54) is 0 Å².